The Labute approximate surface area is 95.7 Å². The number of carbonyl (C=O) groups is 1. The third-order valence-electron chi connectivity index (χ3n) is 2.27. The van der Waals surface area contributed by atoms with Gasteiger partial charge in [-0.3, -0.25) is 9.78 Å². The molecular weight excluding hydrogens is 204 g/mol. The van der Waals surface area contributed by atoms with Gasteiger partial charge in [0, 0.05) is 25.4 Å². The number of nitrogens with one attached hydrogen (secondary N) is 1. The number of hydrogen-bond acceptors (Lipinski definition) is 3. The second-order valence-electron chi connectivity index (χ2n) is 3.84. The molecule has 1 unspecified atom stereocenters. The van der Waals surface area contributed by atoms with Crippen LogP contribution in [0.1, 0.15) is 25.3 Å². The molecule has 1 aromatic heterocycles. The molecular formula is C12H18N2O2. The van der Waals surface area contributed by atoms with Crippen molar-refractivity contribution in [2.24, 2.45) is 0 Å². The van der Waals surface area contributed by atoms with Crippen LogP contribution in [-0.2, 0) is 11.2 Å². The van der Waals surface area contributed by atoms with Crippen molar-refractivity contribution in [1.29, 1.82) is 0 Å². The molecule has 0 saturated carbocycles. The summed E-state index contributed by atoms with van der Waals surface area (Å²) in [6, 6.07) is 3.86. The molecule has 16 heavy (non-hydrogen) atoms. The van der Waals surface area contributed by atoms with Crippen molar-refractivity contribution in [3.8, 4) is 0 Å². The number of rotatable bonds is 6. The zero-order valence-corrected chi connectivity index (χ0v) is 9.52. The number of nitrogens with zero attached hydrogens (tertiary/aromatic N) is 1. The van der Waals surface area contributed by atoms with Crippen LogP contribution in [-0.4, -0.2) is 28.6 Å². The number of carbonyl (C=O) groups excluding carboxylic acids is 1. The van der Waals surface area contributed by atoms with E-state index in [1.165, 1.54) is 0 Å². The van der Waals surface area contributed by atoms with Crippen LogP contribution in [0.5, 0.6) is 0 Å². The minimum Gasteiger partial charge on any atom is -0.393 e. The number of aliphatic hydroxyl groups excluding tert-OH is 1. The minimum absolute atomic E-state index is 0.00467. The van der Waals surface area contributed by atoms with Crippen LogP contribution < -0.4 is 5.32 Å². The van der Waals surface area contributed by atoms with Gasteiger partial charge in [0.25, 0.3) is 0 Å². The van der Waals surface area contributed by atoms with Crippen LogP contribution in [0.25, 0.3) is 0 Å². The summed E-state index contributed by atoms with van der Waals surface area (Å²) >= 11 is 0. The smallest absolute Gasteiger partial charge is 0.220 e. The summed E-state index contributed by atoms with van der Waals surface area (Å²) in [4.78, 5) is 15.2. The molecule has 0 radical (unpaired) electrons. The highest BCUT2D eigenvalue weighted by Crippen LogP contribution is 1.97. The zero-order chi connectivity index (χ0) is 11.8. The molecule has 0 aliphatic carbocycles. The number of aromatic nitrogens is 1. The fourth-order valence-electron chi connectivity index (χ4n) is 1.32. The van der Waals surface area contributed by atoms with Crippen molar-refractivity contribution in [3.63, 3.8) is 0 Å². The summed E-state index contributed by atoms with van der Waals surface area (Å²) in [5, 5.41) is 11.8. The highest BCUT2D eigenvalue weighted by molar-refractivity contribution is 5.75. The van der Waals surface area contributed by atoms with Crippen molar-refractivity contribution >= 4 is 5.91 Å². The molecule has 1 aromatic rings. The first kappa shape index (κ1) is 12.6. The van der Waals surface area contributed by atoms with E-state index in [2.05, 4.69) is 10.3 Å². The van der Waals surface area contributed by atoms with Crippen molar-refractivity contribution in [2.75, 3.05) is 6.54 Å². The normalized spacial score (nSPS) is 12.1. The molecule has 4 heteroatoms. The molecule has 0 spiro atoms. The van der Waals surface area contributed by atoms with Gasteiger partial charge < -0.3 is 10.4 Å². The van der Waals surface area contributed by atoms with Crippen LogP contribution in [0, 0.1) is 0 Å². The third-order valence-corrected chi connectivity index (χ3v) is 2.27. The van der Waals surface area contributed by atoms with Gasteiger partial charge in [-0.1, -0.05) is 0 Å². The first-order valence-corrected chi connectivity index (χ1v) is 5.52. The van der Waals surface area contributed by atoms with Crippen LogP contribution in [0.4, 0.5) is 0 Å². The monoisotopic (exact) mass is 222 g/mol. The fourth-order valence-corrected chi connectivity index (χ4v) is 1.32. The summed E-state index contributed by atoms with van der Waals surface area (Å²) in [5.74, 6) is -0.00467. The Bertz CT molecular complexity index is 312. The first-order chi connectivity index (χ1) is 7.68. The maximum atomic E-state index is 11.3. The lowest BCUT2D eigenvalue weighted by atomic mass is 10.2. The topological polar surface area (TPSA) is 62.2 Å². The Balaban J connectivity index is 2.13. The Morgan fingerprint density at radius 1 is 1.50 bits per heavy atom. The van der Waals surface area contributed by atoms with Crippen molar-refractivity contribution < 1.29 is 9.90 Å². The molecule has 1 heterocycles. The Hall–Kier alpha value is -1.42. The van der Waals surface area contributed by atoms with E-state index < -0.39 is 6.10 Å². The van der Waals surface area contributed by atoms with Crippen LogP contribution in [0.2, 0.25) is 0 Å². The van der Waals surface area contributed by atoms with Gasteiger partial charge in [0.2, 0.25) is 5.91 Å². The maximum absolute atomic E-state index is 11.3. The van der Waals surface area contributed by atoms with Gasteiger partial charge in [-0.2, -0.15) is 0 Å². The van der Waals surface area contributed by atoms with E-state index in [9.17, 15) is 4.79 Å². The Morgan fingerprint density at radius 2 is 2.19 bits per heavy atom. The highest BCUT2D eigenvalue weighted by Gasteiger charge is 2.03. The first-order valence-electron chi connectivity index (χ1n) is 5.52. The van der Waals surface area contributed by atoms with Crippen LogP contribution in [0.15, 0.2) is 24.5 Å². The number of hydrogen-bond donors (Lipinski definition) is 2. The number of amides is 1. The van der Waals surface area contributed by atoms with Crippen LogP contribution in [0.3, 0.4) is 0 Å². The van der Waals surface area contributed by atoms with Crippen molar-refractivity contribution in [3.05, 3.63) is 30.1 Å². The van der Waals surface area contributed by atoms with Gasteiger partial charge >= 0.3 is 0 Å². The molecule has 1 atom stereocenters. The van der Waals surface area contributed by atoms with Gasteiger partial charge in [-0.25, -0.2) is 0 Å². The molecule has 2 N–H and O–H groups in total. The van der Waals surface area contributed by atoms with E-state index in [-0.39, 0.29) is 5.91 Å². The van der Waals surface area contributed by atoms with Gasteiger partial charge in [0.1, 0.15) is 0 Å². The molecule has 0 aromatic carbocycles. The average Bonchev–Trinajstić information content (AvgIpc) is 2.28. The van der Waals surface area contributed by atoms with E-state index in [1.54, 1.807) is 19.3 Å². The molecule has 4 nitrogen and oxygen atoms in total. The number of pyridine rings is 1. The largest absolute Gasteiger partial charge is 0.393 e. The van der Waals surface area contributed by atoms with E-state index in [1.807, 2.05) is 12.1 Å². The fraction of sp³-hybridized carbons (Fsp3) is 0.500. The van der Waals surface area contributed by atoms with Crippen molar-refractivity contribution in [1.82, 2.24) is 10.3 Å². The van der Waals surface area contributed by atoms with Crippen molar-refractivity contribution in [2.45, 2.75) is 32.3 Å². The second-order valence-corrected chi connectivity index (χ2v) is 3.84. The lowest BCUT2D eigenvalue weighted by Gasteiger charge is -2.06. The second kappa shape index (κ2) is 6.95. The lowest BCUT2D eigenvalue weighted by molar-refractivity contribution is -0.121. The molecule has 1 amide bonds. The molecule has 0 bridgehead atoms. The van der Waals surface area contributed by atoms with Gasteiger partial charge in [-0.15, -0.1) is 0 Å². The molecule has 0 saturated heterocycles. The minimum atomic E-state index is -0.411. The molecule has 0 fully saturated rings. The van der Waals surface area contributed by atoms with E-state index in [4.69, 9.17) is 5.11 Å². The predicted octanol–water partition coefficient (Wildman–Crippen LogP) is 0.901. The van der Waals surface area contributed by atoms with Gasteiger partial charge in [-0.05, 0) is 37.5 Å². The summed E-state index contributed by atoms with van der Waals surface area (Å²) in [5.41, 5.74) is 1.16. The van der Waals surface area contributed by atoms with Gasteiger partial charge in [0.05, 0.1) is 6.10 Å². The van der Waals surface area contributed by atoms with E-state index in [0.717, 1.165) is 12.0 Å². The van der Waals surface area contributed by atoms with E-state index in [0.29, 0.717) is 19.4 Å². The van der Waals surface area contributed by atoms with Crippen LogP contribution >= 0.6 is 0 Å². The van der Waals surface area contributed by atoms with Gasteiger partial charge in [0.15, 0.2) is 0 Å². The quantitative estimate of drug-likeness (QED) is 0.751. The summed E-state index contributed by atoms with van der Waals surface area (Å²) in [7, 11) is 0. The Morgan fingerprint density at radius 3 is 2.81 bits per heavy atom. The molecule has 1 rings (SSSR count). The zero-order valence-electron chi connectivity index (χ0n) is 9.52. The summed E-state index contributed by atoms with van der Waals surface area (Å²) < 4.78 is 0. The lowest BCUT2D eigenvalue weighted by Crippen LogP contribution is -2.26. The SMILES string of the molecule is CC(O)CCC(=O)NCCc1ccncc1. The molecule has 0 aliphatic heterocycles. The molecule has 88 valence electrons. The Kier molecular flexibility index (Phi) is 5.50. The third kappa shape index (κ3) is 5.46. The maximum Gasteiger partial charge on any atom is 0.220 e. The molecule has 0 aliphatic rings. The summed E-state index contributed by atoms with van der Waals surface area (Å²) in [6.45, 7) is 2.31. The standard InChI is InChI=1S/C12H18N2O2/c1-10(15)2-3-12(16)14-9-6-11-4-7-13-8-5-11/h4-5,7-8,10,15H,2-3,6,9H2,1H3,(H,14,16). The van der Waals surface area contributed by atoms with E-state index >= 15 is 0 Å². The predicted molar refractivity (Wildman–Crippen MR) is 61.9 cm³/mol. The summed E-state index contributed by atoms with van der Waals surface area (Å²) in [6.07, 6.45) is 4.78. The number of aliphatic hydroxyl groups is 1. The average molecular weight is 222 g/mol. The highest BCUT2D eigenvalue weighted by atomic mass is 16.3.